The molecular formula is C14H9F15N2. The Morgan fingerprint density at radius 2 is 0.968 bits per heavy atom. The van der Waals surface area contributed by atoms with Gasteiger partial charge < -0.3 is 0 Å². The topological polar surface area (TPSA) is 28.7 Å². The molecule has 2 nitrogen and oxygen atoms in total. The zero-order valence-electron chi connectivity index (χ0n) is 14.4. The lowest BCUT2D eigenvalue weighted by molar-refractivity contribution is -0.454. The molecule has 1 N–H and O–H groups in total. The van der Waals surface area contributed by atoms with Gasteiger partial charge in [0.05, 0.1) is 0 Å². The quantitative estimate of drug-likeness (QED) is 0.479. The normalized spacial score (nSPS) is 17.6. The minimum atomic E-state index is -8.29. The molecule has 0 saturated heterocycles. The van der Waals surface area contributed by atoms with Gasteiger partial charge in [0, 0.05) is 11.3 Å². The van der Waals surface area contributed by atoms with Crippen LogP contribution >= 0.6 is 0 Å². The van der Waals surface area contributed by atoms with E-state index in [1.54, 1.807) is 5.10 Å². The van der Waals surface area contributed by atoms with Gasteiger partial charge in [-0.05, 0) is 25.7 Å². The molecule has 31 heavy (non-hydrogen) atoms. The number of halogens is 15. The molecule has 0 saturated carbocycles. The first-order valence-corrected chi connectivity index (χ1v) is 7.99. The molecule has 17 heteroatoms. The van der Waals surface area contributed by atoms with Gasteiger partial charge >= 0.3 is 41.7 Å². The Kier molecular flexibility index (Phi) is 5.60. The van der Waals surface area contributed by atoms with E-state index in [0.29, 0.717) is 6.42 Å². The SMILES string of the molecule is FC(F)(F)C(F)(F)C(F)(F)C(F)(F)C(F)(F)C(F)(F)C(F)(F)c1n[nH]c2c1CCCC2. The highest BCUT2D eigenvalue weighted by molar-refractivity contribution is 5.33. The molecule has 0 unspecified atom stereocenters. The number of aromatic nitrogens is 2. The summed E-state index contributed by atoms with van der Waals surface area (Å²) in [5, 5.41) is 4.39. The summed E-state index contributed by atoms with van der Waals surface area (Å²) in [5.74, 6) is -46.7. The average Bonchev–Trinajstić information content (AvgIpc) is 3.04. The molecule has 0 radical (unpaired) electrons. The predicted molar refractivity (Wildman–Crippen MR) is 69.9 cm³/mol. The highest BCUT2D eigenvalue weighted by Gasteiger charge is 2.93. The first-order valence-electron chi connectivity index (χ1n) is 7.99. The van der Waals surface area contributed by atoms with Crippen LogP contribution in [0.4, 0.5) is 65.9 Å². The number of rotatable bonds is 6. The van der Waals surface area contributed by atoms with Crippen molar-refractivity contribution >= 4 is 0 Å². The van der Waals surface area contributed by atoms with E-state index >= 15 is 0 Å². The number of hydrogen-bond donors (Lipinski definition) is 1. The number of H-pyrrole nitrogens is 1. The Morgan fingerprint density at radius 3 is 1.45 bits per heavy atom. The third kappa shape index (κ3) is 3.15. The fourth-order valence-electron chi connectivity index (χ4n) is 2.86. The summed E-state index contributed by atoms with van der Waals surface area (Å²) in [6.07, 6.45) is -7.88. The second kappa shape index (κ2) is 6.83. The van der Waals surface area contributed by atoms with Gasteiger partial charge in [0.25, 0.3) is 0 Å². The molecule has 1 aliphatic rings. The molecule has 0 aliphatic heterocycles. The third-order valence-corrected chi connectivity index (χ3v) is 4.68. The van der Waals surface area contributed by atoms with Crippen LogP contribution in [0.1, 0.15) is 29.8 Å². The monoisotopic (exact) mass is 490 g/mol. The molecule has 0 spiro atoms. The van der Waals surface area contributed by atoms with Gasteiger partial charge in [-0.2, -0.15) is 71.0 Å². The maximum atomic E-state index is 14.2. The van der Waals surface area contributed by atoms with Crippen LogP contribution in [-0.2, 0) is 18.8 Å². The van der Waals surface area contributed by atoms with Gasteiger partial charge in [0.15, 0.2) is 0 Å². The van der Waals surface area contributed by atoms with Crippen molar-refractivity contribution in [1.82, 2.24) is 10.2 Å². The van der Waals surface area contributed by atoms with Gasteiger partial charge in [0.2, 0.25) is 0 Å². The smallest absolute Gasteiger partial charge is 0.282 e. The van der Waals surface area contributed by atoms with E-state index in [4.69, 9.17) is 0 Å². The Labute approximate surface area is 161 Å². The summed E-state index contributed by atoms with van der Waals surface area (Å²) in [6, 6.07) is 0. The largest absolute Gasteiger partial charge is 0.460 e. The Morgan fingerprint density at radius 1 is 0.548 bits per heavy atom. The fourth-order valence-corrected chi connectivity index (χ4v) is 2.86. The van der Waals surface area contributed by atoms with E-state index in [9.17, 15) is 65.9 Å². The van der Waals surface area contributed by atoms with Gasteiger partial charge in [0.1, 0.15) is 5.69 Å². The highest BCUT2D eigenvalue weighted by Crippen LogP contribution is 2.63. The number of hydrogen-bond acceptors (Lipinski definition) is 1. The maximum Gasteiger partial charge on any atom is 0.460 e. The Bertz CT molecular complexity index is 820. The van der Waals surface area contributed by atoms with Crippen molar-refractivity contribution in [3.05, 3.63) is 17.0 Å². The summed E-state index contributed by atoms with van der Waals surface area (Å²) >= 11 is 0. The summed E-state index contributed by atoms with van der Waals surface area (Å²) in [5.41, 5.74) is -3.34. The van der Waals surface area contributed by atoms with Crippen LogP contribution in [0.3, 0.4) is 0 Å². The third-order valence-electron chi connectivity index (χ3n) is 4.68. The van der Waals surface area contributed by atoms with E-state index < -0.39 is 59.4 Å². The molecular weight excluding hydrogens is 481 g/mol. The maximum absolute atomic E-state index is 14.2. The molecule has 0 amide bonds. The van der Waals surface area contributed by atoms with Crippen molar-refractivity contribution in [2.75, 3.05) is 0 Å². The molecule has 1 aromatic rings. The summed E-state index contributed by atoms with van der Waals surface area (Å²) in [4.78, 5) is 0. The molecule has 0 atom stereocenters. The van der Waals surface area contributed by atoms with Crippen LogP contribution in [0, 0.1) is 0 Å². The summed E-state index contributed by atoms with van der Waals surface area (Å²) < 4.78 is 199. The van der Waals surface area contributed by atoms with E-state index in [2.05, 4.69) is 5.10 Å². The number of aryl methyl sites for hydroxylation is 1. The first kappa shape index (κ1) is 25.4. The molecule has 2 rings (SSSR count). The van der Waals surface area contributed by atoms with Gasteiger partial charge in [-0.25, -0.2) is 0 Å². The molecule has 0 aromatic carbocycles. The Balaban J connectivity index is 2.62. The molecule has 180 valence electrons. The number of nitrogens with zero attached hydrogens (tertiary/aromatic N) is 1. The molecule has 1 aromatic heterocycles. The molecule has 0 fully saturated rings. The van der Waals surface area contributed by atoms with Crippen LogP contribution in [-0.4, -0.2) is 46.0 Å². The lowest BCUT2D eigenvalue weighted by atomic mass is 9.87. The Hall–Kier alpha value is -1.84. The first-order chi connectivity index (χ1) is 13.6. The number of fused-ring (bicyclic) bond motifs is 1. The van der Waals surface area contributed by atoms with Gasteiger partial charge in [-0.15, -0.1) is 0 Å². The molecule has 1 aliphatic carbocycles. The minimum absolute atomic E-state index is 0.0314. The highest BCUT2D eigenvalue weighted by atomic mass is 19.4. The van der Waals surface area contributed by atoms with E-state index in [0.717, 1.165) is 0 Å². The second-order valence-electron chi connectivity index (χ2n) is 6.68. The van der Waals surface area contributed by atoms with Gasteiger partial charge in [-0.1, -0.05) is 0 Å². The van der Waals surface area contributed by atoms with Gasteiger partial charge in [-0.3, -0.25) is 5.10 Å². The van der Waals surface area contributed by atoms with E-state index in [-0.39, 0.29) is 18.5 Å². The lowest BCUT2D eigenvalue weighted by Crippen LogP contribution is -2.72. The number of alkyl halides is 15. The number of nitrogens with one attached hydrogen (secondary N) is 1. The summed E-state index contributed by atoms with van der Waals surface area (Å²) in [6.45, 7) is 0. The predicted octanol–water partition coefficient (Wildman–Crippen LogP) is 6.12. The van der Waals surface area contributed by atoms with Crippen molar-refractivity contribution in [2.24, 2.45) is 0 Å². The van der Waals surface area contributed by atoms with Crippen LogP contribution < -0.4 is 0 Å². The standard InChI is InChI=1S/C14H9F15N2/c15-8(16,7-5-3-1-2-4-6(5)30-31-7)9(17,18)10(19,20)11(21,22)12(23,24)13(25,26)14(27,28)29/h1-4H2,(H,30,31). The molecule has 0 bridgehead atoms. The minimum Gasteiger partial charge on any atom is -0.282 e. The zero-order chi connectivity index (χ0) is 24.5. The van der Waals surface area contributed by atoms with Crippen molar-refractivity contribution < 1.29 is 65.9 Å². The molecule has 1 heterocycles. The van der Waals surface area contributed by atoms with Crippen molar-refractivity contribution in [1.29, 1.82) is 0 Å². The van der Waals surface area contributed by atoms with Crippen LogP contribution in [0.2, 0.25) is 0 Å². The van der Waals surface area contributed by atoms with Crippen LogP contribution in [0.25, 0.3) is 0 Å². The average molecular weight is 490 g/mol. The lowest BCUT2D eigenvalue weighted by Gasteiger charge is -2.41. The summed E-state index contributed by atoms with van der Waals surface area (Å²) in [7, 11) is 0. The van der Waals surface area contributed by atoms with Crippen molar-refractivity contribution in [3.8, 4) is 0 Å². The van der Waals surface area contributed by atoms with Crippen LogP contribution in [0.5, 0.6) is 0 Å². The van der Waals surface area contributed by atoms with Crippen LogP contribution in [0.15, 0.2) is 0 Å². The van der Waals surface area contributed by atoms with Crippen molar-refractivity contribution in [3.63, 3.8) is 0 Å². The van der Waals surface area contributed by atoms with Crippen molar-refractivity contribution in [2.45, 2.75) is 67.4 Å². The zero-order valence-corrected chi connectivity index (χ0v) is 14.4. The van der Waals surface area contributed by atoms with E-state index in [1.165, 1.54) is 0 Å². The number of aromatic amines is 1. The fraction of sp³-hybridized carbons (Fsp3) is 0.786. The second-order valence-corrected chi connectivity index (χ2v) is 6.68. The van der Waals surface area contributed by atoms with E-state index in [1.807, 2.05) is 0 Å².